The second-order valence-electron chi connectivity index (χ2n) is 5.54. The summed E-state index contributed by atoms with van der Waals surface area (Å²) in [5, 5.41) is 9.21. The van der Waals surface area contributed by atoms with Crippen LogP contribution in [0.5, 0.6) is 0 Å². The lowest BCUT2D eigenvalue weighted by molar-refractivity contribution is 0.0400. The molecule has 1 aromatic rings. The molecule has 1 aromatic carbocycles. The number of rotatable bonds is 4. The van der Waals surface area contributed by atoms with Gasteiger partial charge in [-0.3, -0.25) is 0 Å². The van der Waals surface area contributed by atoms with Gasteiger partial charge in [0.05, 0.1) is 11.7 Å². The summed E-state index contributed by atoms with van der Waals surface area (Å²) in [7, 11) is 1.69. The van der Waals surface area contributed by atoms with E-state index in [2.05, 4.69) is 13.8 Å². The van der Waals surface area contributed by atoms with Crippen molar-refractivity contribution in [2.24, 2.45) is 5.73 Å². The average Bonchev–Trinajstić information content (AvgIpc) is 2.46. The molecule has 1 aliphatic carbocycles. The smallest absolute Gasteiger partial charge is 0.335 e. The van der Waals surface area contributed by atoms with Crippen molar-refractivity contribution in [3.8, 4) is 0 Å². The molecule has 0 bridgehead atoms. The number of aromatic carboxylic acids is 1. The number of fused-ring (bicyclic) bond motifs is 1. The van der Waals surface area contributed by atoms with Gasteiger partial charge in [0, 0.05) is 25.0 Å². The van der Waals surface area contributed by atoms with Gasteiger partial charge < -0.3 is 15.6 Å². The van der Waals surface area contributed by atoms with Crippen LogP contribution in [0, 0.1) is 0 Å². The summed E-state index contributed by atoms with van der Waals surface area (Å²) in [6, 6.07) is 5.27. The normalized spacial score (nSPS) is 24.2. The number of carboxylic acids is 1. The number of methoxy groups -OCH3 is 1. The average molecular weight is 277 g/mol. The molecular weight excluding hydrogens is 254 g/mol. The van der Waals surface area contributed by atoms with E-state index in [1.54, 1.807) is 19.2 Å². The van der Waals surface area contributed by atoms with E-state index in [-0.39, 0.29) is 17.6 Å². The number of carboxylic acid groups (broad SMARTS) is 1. The van der Waals surface area contributed by atoms with E-state index in [0.29, 0.717) is 5.56 Å². The first-order valence-electron chi connectivity index (χ1n) is 7.15. The monoisotopic (exact) mass is 277 g/mol. The minimum atomic E-state index is -0.892. The molecule has 2 rings (SSSR count). The van der Waals surface area contributed by atoms with Gasteiger partial charge in [0.25, 0.3) is 0 Å². The summed E-state index contributed by atoms with van der Waals surface area (Å²) in [5.74, 6) is -0.892. The second kappa shape index (κ2) is 5.54. The van der Waals surface area contributed by atoms with Gasteiger partial charge in [-0.15, -0.1) is 0 Å². The Labute approximate surface area is 119 Å². The zero-order valence-electron chi connectivity index (χ0n) is 12.3. The topological polar surface area (TPSA) is 72.5 Å². The van der Waals surface area contributed by atoms with Crippen LogP contribution in [-0.2, 0) is 16.6 Å². The predicted molar refractivity (Wildman–Crippen MR) is 78.1 cm³/mol. The molecule has 20 heavy (non-hydrogen) atoms. The van der Waals surface area contributed by atoms with E-state index in [1.165, 1.54) is 0 Å². The van der Waals surface area contributed by atoms with Crippen LogP contribution < -0.4 is 5.73 Å². The first kappa shape index (κ1) is 15.0. The van der Waals surface area contributed by atoms with Gasteiger partial charge >= 0.3 is 5.97 Å². The molecular formula is C16H23NO3. The fourth-order valence-electron chi connectivity index (χ4n) is 3.56. The molecule has 4 nitrogen and oxygen atoms in total. The highest BCUT2D eigenvalue weighted by atomic mass is 16.5. The Morgan fingerprint density at radius 3 is 2.60 bits per heavy atom. The summed E-state index contributed by atoms with van der Waals surface area (Å²) >= 11 is 0. The number of hydrogen-bond donors (Lipinski definition) is 2. The van der Waals surface area contributed by atoms with Crippen molar-refractivity contribution < 1.29 is 14.6 Å². The van der Waals surface area contributed by atoms with Crippen molar-refractivity contribution in [2.45, 2.75) is 50.7 Å². The Kier molecular flexibility index (Phi) is 4.16. The first-order chi connectivity index (χ1) is 9.50. The minimum Gasteiger partial charge on any atom is -0.478 e. The van der Waals surface area contributed by atoms with Crippen LogP contribution >= 0.6 is 0 Å². The Hall–Kier alpha value is -1.39. The van der Waals surface area contributed by atoms with Gasteiger partial charge in [-0.05, 0) is 36.1 Å². The van der Waals surface area contributed by atoms with E-state index in [4.69, 9.17) is 10.5 Å². The highest BCUT2D eigenvalue weighted by Crippen LogP contribution is 2.43. The molecule has 0 aliphatic heterocycles. The molecule has 0 aromatic heterocycles. The van der Waals surface area contributed by atoms with Gasteiger partial charge in [-0.1, -0.05) is 19.9 Å². The van der Waals surface area contributed by atoms with Crippen LogP contribution in [0.1, 0.15) is 48.2 Å². The Morgan fingerprint density at radius 2 is 2.10 bits per heavy atom. The minimum absolute atomic E-state index is 0.0157. The standard InChI is InChI=1S/C16H23NO3/c1-4-16(5-2)12-8-11(15(18)19)7-6-10(12)9-13(20-3)14(16)17/h6-8,13-14H,4-5,9,17H2,1-3H3,(H,18,19)/t13-,14+/m0/s1. The van der Waals surface area contributed by atoms with Gasteiger partial charge in [0.15, 0.2) is 0 Å². The van der Waals surface area contributed by atoms with Crippen molar-refractivity contribution in [3.05, 3.63) is 34.9 Å². The van der Waals surface area contributed by atoms with E-state index >= 15 is 0 Å². The number of nitrogens with two attached hydrogens (primary N) is 1. The fraction of sp³-hybridized carbons (Fsp3) is 0.562. The zero-order chi connectivity index (χ0) is 14.9. The van der Waals surface area contributed by atoms with E-state index in [1.807, 2.05) is 6.07 Å². The van der Waals surface area contributed by atoms with E-state index in [0.717, 1.165) is 30.4 Å². The van der Waals surface area contributed by atoms with Gasteiger partial charge in [0.2, 0.25) is 0 Å². The second-order valence-corrected chi connectivity index (χ2v) is 5.54. The third-order valence-electron chi connectivity index (χ3n) is 4.92. The molecule has 0 spiro atoms. The Morgan fingerprint density at radius 1 is 1.45 bits per heavy atom. The predicted octanol–water partition coefficient (Wildman–Crippen LogP) is 2.34. The van der Waals surface area contributed by atoms with Gasteiger partial charge in [-0.2, -0.15) is 0 Å². The van der Waals surface area contributed by atoms with Crippen LogP contribution in [0.3, 0.4) is 0 Å². The highest BCUT2D eigenvalue weighted by Gasteiger charge is 2.45. The lowest BCUT2D eigenvalue weighted by Crippen LogP contribution is -2.56. The quantitative estimate of drug-likeness (QED) is 0.886. The Bertz CT molecular complexity index is 508. The highest BCUT2D eigenvalue weighted by molar-refractivity contribution is 5.88. The van der Waals surface area contributed by atoms with Crippen molar-refractivity contribution in [1.29, 1.82) is 0 Å². The van der Waals surface area contributed by atoms with E-state index in [9.17, 15) is 9.90 Å². The molecule has 0 heterocycles. The van der Waals surface area contributed by atoms with Crippen LogP contribution in [0.15, 0.2) is 18.2 Å². The van der Waals surface area contributed by atoms with Crippen molar-refractivity contribution >= 4 is 5.97 Å². The molecule has 0 saturated heterocycles. The lowest BCUT2D eigenvalue weighted by atomic mass is 9.62. The molecule has 2 atom stereocenters. The summed E-state index contributed by atoms with van der Waals surface area (Å²) < 4.78 is 5.56. The molecule has 4 heteroatoms. The molecule has 1 aliphatic rings. The number of benzene rings is 1. The maximum Gasteiger partial charge on any atom is 0.335 e. The molecule has 3 N–H and O–H groups in total. The maximum absolute atomic E-state index is 11.2. The molecule has 110 valence electrons. The van der Waals surface area contributed by atoms with Crippen molar-refractivity contribution in [1.82, 2.24) is 0 Å². The lowest BCUT2D eigenvalue weighted by Gasteiger charge is -2.46. The SMILES string of the molecule is CCC1(CC)c2cc(C(=O)O)ccc2C[C@H](OC)[C@H]1N. The summed E-state index contributed by atoms with van der Waals surface area (Å²) in [4.78, 5) is 11.2. The number of carbonyl (C=O) groups is 1. The fourth-order valence-corrected chi connectivity index (χ4v) is 3.56. The molecule has 0 radical (unpaired) electrons. The van der Waals surface area contributed by atoms with Gasteiger partial charge in [-0.25, -0.2) is 4.79 Å². The molecule has 0 saturated carbocycles. The van der Waals surface area contributed by atoms with Gasteiger partial charge in [0.1, 0.15) is 0 Å². The number of ether oxygens (including phenoxy) is 1. The number of hydrogen-bond acceptors (Lipinski definition) is 3. The molecule has 0 fully saturated rings. The first-order valence-corrected chi connectivity index (χ1v) is 7.15. The summed E-state index contributed by atoms with van der Waals surface area (Å²) in [6.45, 7) is 4.22. The molecule has 0 amide bonds. The van der Waals surface area contributed by atoms with Crippen LogP contribution in [0.4, 0.5) is 0 Å². The van der Waals surface area contributed by atoms with Crippen LogP contribution in [0.25, 0.3) is 0 Å². The van der Waals surface area contributed by atoms with Crippen molar-refractivity contribution in [2.75, 3.05) is 7.11 Å². The maximum atomic E-state index is 11.2. The largest absolute Gasteiger partial charge is 0.478 e. The van der Waals surface area contributed by atoms with E-state index < -0.39 is 5.97 Å². The van der Waals surface area contributed by atoms with Crippen LogP contribution in [0.2, 0.25) is 0 Å². The third-order valence-corrected chi connectivity index (χ3v) is 4.92. The summed E-state index contributed by atoms with van der Waals surface area (Å²) in [5.41, 5.74) is 8.83. The summed E-state index contributed by atoms with van der Waals surface area (Å²) in [6.07, 6.45) is 2.48. The van der Waals surface area contributed by atoms with Crippen molar-refractivity contribution in [3.63, 3.8) is 0 Å². The molecule has 0 unspecified atom stereocenters. The zero-order valence-corrected chi connectivity index (χ0v) is 12.3. The third kappa shape index (κ3) is 2.13. The van der Waals surface area contributed by atoms with Crippen LogP contribution in [-0.4, -0.2) is 30.3 Å². The Balaban J connectivity index is 2.62.